The van der Waals surface area contributed by atoms with Gasteiger partial charge in [0.15, 0.2) is 0 Å². The number of anilines is 3. The van der Waals surface area contributed by atoms with Gasteiger partial charge in [-0.05, 0) is 12.1 Å². The van der Waals surface area contributed by atoms with Crippen LogP contribution in [-0.4, -0.2) is 19.9 Å². The first-order chi connectivity index (χ1) is 8.72. The summed E-state index contributed by atoms with van der Waals surface area (Å²) in [6.07, 6.45) is 2.71. The van der Waals surface area contributed by atoms with Crippen molar-refractivity contribution < 1.29 is 4.92 Å². The Morgan fingerprint density at radius 2 is 2.00 bits per heavy atom. The molecule has 0 atom stereocenters. The molecule has 0 unspecified atom stereocenters. The number of nitrogens with two attached hydrogens (primary N) is 1. The van der Waals surface area contributed by atoms with Crippen LogP contribution in [0, 0.1) is 10.1 Å². The smallest absolute Gasteiger partial charge is 0.319 e. The van der Waals surface area contributed by atoms with Gasteiger partial charge in [0.25, 0.3) is 0 Å². The summed E-state index contributed by atoms with van der Waals surface area (Å²) in [6.45, 7) is 0. The summed E-state index contributed by atoms with van der Waals surface area (Å²) in [4.78, 5) is 21.8. The van der Waals surface area contributed by atoms with E-state index in [0.29, 0.717) is 5.82 Å². The zero-order valence-electron chi connectivity index (χ0n) is 9.07. The Hall–Kier alpha value is -2.81. The number of pyridine rings is 1. The molecule has 18 heavy (non-hydrogen) atoms. The molecule has 0 fully saturated rings. The molecule has 2 rings (SSSR count). The van der Waals surface area contributed by atoms with Gasteiger partial charge in [0, 0.05) is 6.20 Å². The molecule has 0 saturated carbocycles. The van der Waals surface area contributed by atoms with Gasteiger partial charge in [0.2, 0.25) is 11.6 Å². The number of hydrogen-bond donors (Lipinski definition) is 3. The number of nitrogens with zero attached hydrogens (tertiary/aromatic N) is 4. The van der Waals surface area contributed by atoms with Gasteiger partial charge in [-0.3, -0.25) is 10.1 Å². The van der Waals surface area contributed by atoms with Crippen molar-refractivity contribution in [3.8, 4) is 0 Å². The van der Waals surface area contributed by atoms with Crippen LogP contribution in [0.15, 0.2) is 30.7 Å². The van der Waals surface area contributed by atoms with Crippen molar-refractivity contribution in [1.29, 1.82) is 0 Å². The molecule has 92 valence electrons. The van der Waals surface area contributed by atoms with Crippen molar-refractivity contribution in [2.75, 3.05) is 10.7 Å². The second kappa shape index (κ2) is 5.01. The van der Waals surface area contributed by atoms with Gasteiger partial charge in [-0.2, -0.15) is 0 Å². The van der Waals surface area contributed by atoms with E-state index in [4.69, 9.17) is 5.84 Å². The van der Waals surface area contributed by atoms with E-state index < -0.39 is 4.92 Å². The number of nitro groups is 1. The predicted octanol–water partition coefficient (Wildman–Crippen LogP) is 0.809. The molecule has 0 spiro atoms. The predicted molar refractivity (Wildman–Crippen MR) is 64.0 cm³/mol. The van der Waals surface area contributed by atoms with Crippen LogP contribution in [-0.2, 0) is 0 Å². The fraction of sp³-hybridized carbons (Fsp3) is 0. The van der Waals surface area contributed by atoms with Gasteiger partial charge in [-0.1, -0.05) is 6.07 Å². The average Bonchev–Trinajstić information content (AvgIpc) is 2.39. The van der Waals surface area contributed by atoms with Crippen LogP contribution in [0.25, 0.3) is 0 Å². The zero-order chi connectivity index (χ0) is 13.0. The van der Waals surface area contributed by atoms with Crippen LogP contribution in [0.5, 0.6) is 0 Å². The molecule has 0 bridgehead atoms. The lowest BCUT2D eigenvalue weighted by Gasteiger charge is -2.06. The molecule has 9 nitrogen and oxygen atoms in total. The van der Waals surface area contributed by atoms with Crippen molar-refractivity contribution in [2.45, 2.75) is 0 Å². The summed E-state index contributed by atoms with van der Waals surface area (Å²) in [5.41, 5.74) is 1.81. The first kappa shape index (κ1) is 11.7. The Balaban J connectivity index is 2.42. The Morgan fingerprint density at radius 3 is 2.61 bits per heavy atom. The Labute approximate surface area is 101 Å². The summed E-state index contributed by atoms with van der Waals surface area (Å²) in [5, 5.41) is 13.7. The lowest BCUT2D eigenvalue weighted by atomic mass is 10.4. The average molecular weight is 247 g/mol. The zero-order valence-corrected chi connectivity index (χ0v) is 9.07. The summed E-state index contributed by atoms with van der Waals surface area (Å²) in [5.74, 6) is 5.54. The van der Waals surface area contributed by atoms with Crippen LogP contribution in [0.1, 0.15) is 0 Å². The van der Waals surface area contributed by atoms with Crippen molar-refractivity contribution in [3.63, 3.8) is 0 Å². The lowest BCUT2D eigenvalue weighted by Crippen LogP contribution is -2.12. The molecule has 0 radical (unpaired) electrons. The van der Waals surface area contributed by atoms with E-state index in [9.17, 15) is 10.1 Å². The molecule has 0 saturated heterocycles. The van der Waals surface area contributed by atoms with Gasteiger partial charge < -0.3 is 10.7 Å². The highest BCUT2D eigenvalue weighted by Gasteiger charge is 2.22. The van der Waals surface area contributed by atoms with Crippen LogP contribution in [0.3, 0.4) is 0 Å². The second-order valence-corrected chi connectivity index (χ2v) is 3.16. The molecule has 2 aromatic rings. The number of nitrogens with one attached hydrogen (secondary N) is 2. The second-order valence-electron chi connectivity index (χ2n) is 3.16. The highest BCUT2D eigenvalue weighted by molar-refractivity contribution is 5.72. The summed E-state index contributed by atoms with van der Waals surface area (Å²) in [7, 11) is 0. The Morgan fingerprint density at radius 1 is 1.22 bits per heavy atom. The number of aromatic nitrogens is 3. The van der Waals surface area contributed by atoms with E-state index in [1.165, 1.54) is 0 Å². The SMILES string of the molecule is NNc1ncnc(Nc2ccccn2)c1[N+](=O)[O-]. The van der Waals surface area contributed by atoms with Crippen LogP contribution >= 0.6 is 0 Å². The molecule has 4 N–H and O–H groups in total. The third-order valence-corrected chi connectivity index (χ3v) is 2.05. The molecule has 9 heteroatoms. The first-order valence-electron chi connectivity index (χ1n) is 4.86. The first-order valence-corrected chi connectivity index (χ1v) is 4.86. The monoisotopic (exact) mass is 247 g/mol. The minimum absolute atomic E-state index is 0.0154. The number of hydrazine groups is 1. The van der Waals surface area contributed by atoms with Crippen LogP contribution in [0.4, 0.5) is 23.1 Å². The van der Waals surface area contributed by atoms with E-state index in [0.717, 1.165) is 6.33 Å². The van der Waals surface area contributed by atoms with E-state index in [1.807, 2.05) is 0 Å². The minimum Gasteiger partial charge on any atom is -0.319 e. The maximum atomic E-state index is 11.0. The van der Waals surface area contributed by atoms with Crippen molar-refractivity contribution in [1.82, 2.24) is 15.0 Å². The molecule has 0 aromatic carbocycles. The highest BCUT2D eigenvalue weighted by Crippen LogP contribution is 2.29. The summed E-state index contributed by atoms with van der Waals surface area (Å²) < 4.78 is 0. The molecule has 2 heterocycles. The van der Waals surface area contributed by atoms with Crippen LogP contribution in [0.2, 0.25) is 0 Å². The third kappa shape index (κ3) is 2.30. The molecule has 0 aliphatic rings. The normalized spacial score (nSPS) is 9.83. The van der Waals surface area contributed by atoms with Gasteiger partial charge >= 0.3 is 5.69 Å². The molecular formula is C9H9N7O2. The quantitative estimate of drug-likeness (QED) is 0.410. The number of rotatable bonds is 4. The fourth-order valence-corrected chi connectivity index (χ4v) is 1.31. The van der Waals surface area contributed by atoms with E-state index in [2.05, 4.69) is 25.7 Å². The molecular weight excluding hydrogens is 238 g/mol. The van der Waals surface area contributed by atoms with Gasteiger partial charge in [-0.25, -0.2) is 20.8 Å². The standard InChI is InChI=1S/C9H9N7O2/c10-15-9-7(16(17)18)8(12-5-13-9)14-6-3-1-2-4-11-6/h1-5H,10H2,(H2,11,12,13,14,15). The summed E-state index contributed by atoms with van der Waals surface area (Å²) in [6, 6.07) is 5.12. The third-order valence-electron chi connectivity index (χ3n) is 2.05. The van der Waals surface area contributed by atoms with Crippen molar-refractivity contribution in [2.24, 2.45) is 5.84 Å². The van der Waals surface area contributed by atoms with Crippen molar-refractivity contribution >= 4 is 23.1 Å². The maximum Gasteiger partial charge on any atom is 0.354 e. The van der Waals surface area contributed by atoms with Gasteiger partial charge in [0.1, 0.15) is 12.1 Å². The van der Waals surface area contributed by atoms with Crippen molar-refractivity contribution in [3.05, 3.63) is 40.8 Å². The number of hydrogen-bond acceptors (Lipinski definition) is 8. The fourth-order valence-electron chi connectivity index (χ4n) is 1.31. The molecule has 0 aliphatic heterocycles. The van der Waals surface area contributed by atoms with E-state index in [1.54, 1.807) is 24.4 Å². The van der Waals surface area contributed by atoms with Crippen LogP contribution < -0.4 is 16.6 Å². The Bertz CT molecular complexity index is 560. The molecule has 0 amide bonds. The maximum absolute atomic E-state index is 11.0. The summed E-state index contributed by atoms with van der Waals surface area (Å²) >= 11 is 0. The minimum atomic E-state index is -0.625. The highest BCUT2D eigenvalue weighted by atomic mass is 16.6. The van der Waals surface area contributed by atoms with E-state index in [-0.39, 0.29) is 17.3 Å². The molecule has 2 aromatic heterocycles. The van der Waals surface area contributed by atoms with Gasteiger partial charge in [0.05, 0.1) is 4.92 Å². The largest absolute Gasteiger partial charge is 0.354 e. The lowest BCUT2D eigenvalue weighted by molar-refractivity contribution is -0.383. The van der Waals surface area contributed by atoms with E-state index >= 15 is 0 Å². The van der Waals surface area contributed by atoms with Gasteiger partial charge in [-0.15, -0.1) is 0 Å². The number of nitrogen functional groups attached to an aromatic ring is 1. The molecule has 0 aliphatic carbocycles. The topological polar surface area (TPSA) is 132 Å². The Kier molecular flexibility index (Phi) is 3.25.